The van der Waals surface area contributed by atoms with Gasteiger partial charge in [-0.3, -0.25) is 0 Å². The molecule has 0 aliphatic carbocycles. The molecule has 38 heavy (non-hydrogen) atoms. The van der Waals surface area contributed by atoms with Crippen molar-refractivity contribution >= 4 is 23.9 Å². The van der Waals surface area contributed by atoms with Gasteiger partial charge in [0.25, 0.3) is 0 Å². The van der Waals surface area contributed by atoms with E-state index in [9.17, 15) is 55.7 Å². The largest absolute Gasteiger partial charge is 0.478 e. The van der Waals surface area contributed by atoms with Crippen molar-refractivity contribution in [2.24, 2.45) is 0 Å². The number of carbonyl (C=O) groups is 4. The molecule has 0 aliphatic heterocycles. The fourth-order valence-electron chi connectivity index (χ4n) is 3.72. The molecule has 0 aliphatic rings. The zero-order chi connectivity index (χ0) is 28.7. The molecule has 8 nitrogen and oxygen atoms in total. The standard InChI is InChI=1S/C24H12F6O8/c25-23(26,27)11-7-14(9-1-3-12(19(31)32)16(5-9)21(35)36)18(24(28,29)30)15(8-11)10-2-4-13(20(33)34)17(6-10)22(37)38/h1-8H,(H,31,32)(H,33,34)(H,35,36)(H,37,38). The number of benzene rings is 3. The van der Waals surface area contributed by atoms with E-state index < -0.39 is 91.9 Å². The van der Waals surface area contributed by atoms with Gasteiger partial charge in [-0.2, -0.15) is 26.3 Å². The number of carboxylic acid groups (broad SMARTS) is 4. The van der Waals surface area contributed by atoms with Crippen LogP contribution in [0.15, 0.2) is 48.5 Å². The lowest BCUT2D eigenvalue weighted by atomic mass is 9.87. The van der Waals surface area contributed by atoms with Gasteiger partial charge in [-0.15, -0.1) is 0 Å². The van der Waals surface area contributed by atoms with Gasteiger partial charge in [-0.05, 0) is 58.7 Å². The molecule has 0 unspecified atom stereocenters. The van der Waals surface area contributed by atoms with Crippen LogP contribution in [0.3, 0.4) is 0 Å². The third kappa shape index (κ3) is 5.28. The number of hydrogen-bond acceptors (Lipinski definition) is 4. The highest BCUT2D eigenvalue weighted by atomic mass is 19.4. The Morgan fingerprint density at radius 3 is 1.11 bits per heavy atom. The quantitative estimate of drug-likeness (QED) is 0.284. The second kappa shape index (κ2) is 9.53. The van der Waals surface area contributed by atoms with E-state index in [1.807, 2.05) is 0 Å². The van der Waals surface area contributed by atoms with Gasteiger partial charge in [0.15, 0.2) is 0 Å². The maximum Gasteiger partial charge on any atom is 0.417 e. The molecule has 0 fully saturated rings. The zero-order valence-corrected chi connectivity index (χ0v) is 18.3. The van der Waals surface area contributed by atoms with Crippen molar-refractivity contribution < 1.29 is 65.9 Å². The Balaban J connectivity index is 2.51. The summed E-state index contributed by atoms with van der Waals surface area (Å²) >= 11 is 0. The van der Waals surface area contributed by atoms with E-state index >= 15 is 0 Å². The van der Waals surface area contributed by atoms with E-state index in [1.165, 1.54) is 0 Å². The summed E-state index contributed by atoms with van der Waals surface area (Å²) in [5.41, 5.74) is -10.8. The maximum atomic E-state index is 14.3. The molecule has 0 bridgehead atoms. The summed E-state index contributed by atoms with van der Waals surface area (Å²) in [6.07, 6.45) is -10.6. The second-order valence-electron chi connectivity index (χ2n) is 7.68. The predicted octanol–water partition coefficient (Wildman–Crippen LogP) is 5.85. The fraction of sp³-hybridized carbons (Fsp3) is 0.0833. The van der Waals surface area contributed by atoms with Crippen LogP contribution in [-0.4, -0.2) is 44.3 Å². The van der Waals surface area contributed by atoms with Crippen molar-refractivity contribution in [3.8, 4) is 22.3 Å². The van der Waals surface area contributed by atoms with Gasteiger partial charge in [-0.25, -0.2) is 19.2 Å². The number of rotatable bonds is 6. The fourth-order valence-corrected chi connectivity index (χ4v) is 3.72. The zero-order valence-electron chi connectivity index (χ0n) is 18.3. The third-order valence-electron chi connectivity index (χ3n) is 5.33. The van der Waals surface area contributed by atoms with Crippen LogP contribution in [0, 0.1) is 0 Å². The number of carboxylic acids is 4. The Labute approximate surface area is 207 Å². The number of aromatic carboxylic acids is 4. The van der Waals surface area contributed by atoms with Crippen molar-refractivity contribution in [2.75, 3.05) is 0 Å². The van der Waals surface area contributed by atoms with Crippen LogP contribution in [0.4, 0.5) is 26.3 Å². The summed E-state index contributed by atoms with van der Waals surface area (Å²) in [5.74, 6) is -7.26. The van der Waals surface area contributed by atoms with E-state index in [4.69, 9.17) is 10.2 Å². The Morgan fingerprint density at radius 2 is 0.842 bits per heavy atom. The minimum Gasteiger partial charge on any atom is -0.478 e. The molecule has 0 atom stereocenters. The molecule has 14 heteroatoms. The molecule has 0 aromatic heterocycles. The van der Waals surface area contributed by atoms with Gasteiger partial charge in [-0.1, -0.05) is 12.1 Å². The Hall–Kier alpha value is -4.88. The predicted molar refractivity (Wildman–Crippen MR) is 115 cm³/mol. The molecule has 0 heterocycles. The lowest BCUT2D eigenvalue weighted by Gasteiger charge is -2.21. The smallest absolute Gasteiger partial charge is 0.417 e. The first kappa shape index (κ1) is 27.7. The van der Waals surface area contributed by atoms with Crippen LogP contribution >= 0.6 is 0 Å². The van der Waals surface area contributed by atoms with E-state index in [1.54, 1.807) is 0 Å². The summed E-state index contributed by atoms with van der Waals surface area (Å²) in [6, 6.07) is 3.75. The summed E-state index contributed by atoms with van der Waals surface area (Å²) < 4.78 is 84.2. The molecule has 4 N–H and O–H groups in total. The SMILES string of the molecule is O=C(O)c1ccc(-c2cc(C(F)(F)F)cc(-c3ccc(C(=O)O)c(C(=O)O)c3)c2C(F)(F)F)cc1C(=O)O. The molecule has 0 spiro atoms. The lowest BCUT2D eigenvalue weighted by molar-refractivity contribution is -0.140. The summed E-state index contributed by atoms with van der Waals surface area (Å²) in [7, 11) is 0. The minimum absolute atomic E-state index is 0.0947. The van der Waals surface area contributed by atoms with Gasteiger partial charge in [0, 0.05) is 0 Å². The molecule has 0 amide bonds. The highest BCUT2D eigenvalue weighted by Gasteiger charge is 2.41. The van der Waals surface area contributed by atoms with E-state index in [-0.39, 0.29) is 12.1 Å². The number of alkyl halides is 6. The van der Waals surface area contributed by atoms with E-state index in [0.29, 0.717) is 36.4 Å². The van der Waals surface area contributed by atoms with Crippen molar-refractivity contribution in [1.29, 1.82) is 0 Å². The normalized spacial score (nSPS) is 11.7. The topological polar surface area (TPSA) is 149 Å². The first-order valence-corrected chi connectivity index (χ1v) is 9.98. The average molecular weight is 542 g/mol. The molecule has 3 rings (SSSR count). The van der Waals surface area contributed by atoms with Crippen molar-refractivity contribution in [3.05, 3.63) is 81.9 Å². The Bertz CT molecular complexity index is 1410. The summed E-state index contributed by atoms with van der Waals surface area (Å²) in [4.78, 5) is 45.7. The summed E-state index contributed by atoms with van der Waals surface area (Å²) in [6.45, 7) is 0. The third-order valence-corrected chi connectivity index (χ3v) is 5.33. The maximum absolute atomic E-state index is 14.3. The monoisotopic (exact) mass is 542 g/mol. The van der Waals surface area contributed by atoms with E-state index in [0.717, 1.165) is 0 Å². The lowest BCUT2D eigenvalue weighted by Crippen LogP contribution is -2.15. The van der Waals surface area contributed by atoms with Gasteiger partial charge < -0.3 is 20.4 Å². The van der Waals surface area contributed by atoms with Crippen LogP contribution in [-0.2, 0) is 12.4 Å². The molecular formula is C24H12F6O8. The average Bonchev–Trinajstić information content (AvgIpc) is 2.81. The van der Waals surface area contributed by atoms with Gasteiger partial charge in [0.1, 0.15) is 0 Å². The molecule has 0 radical (unpaired) electrons. The minimum atomic E-state index is -5.40. The van der Waals surface area contributed by atoms with Gasteiger partial charge in [0.2, 0.25) is 0 Å². The highest BCUT2D eigenvalue weighted by molar-refractivity contribution is 6.04. The molecular weight excluding hydrogens is 530 g/mol. The van der Waals surface area contributed by atoms with Gasteiger partial charge >= 0.3 is 36.2 Å². The number of hydrogen-bond donors (Lipinski definition) is 4. The Morgan fingerprint density at radius 1 is 0.500 bits per heavy atom. The van der Waals surface area contributed by atoms with Crippen molar-refractivity contribution in [3.63, 3.8) is 0 Å². The highest BCUT2D eigenvalue weighted by Crippen LogP contribution is 2.47. The molecule has 0 saturated carbocycles. The second-order valence-corrected chi connectivity index (χ2v) is 7.68. The van der Waals surface area contributed by atoms with E-state index in [2.05, 4.69) is 0 Å². The number of halogens is 6. The molecule has 3 aromatic carbocycles. The van der Waals surface area contributed by atoms with Crippen LogP contribution < -0.4 is 0 Å². The molecule has 198 valence electrons. The van der Waals surface area contributed by atoms with Crippen LogP contribution in [0.2, 0.25) is 0 Å². The van der Waals surface area contributed by atoms with Crippen LogP contribution in [0.5, 0.6) is 0 Å². The molecule has 3 aromatic rings. The van der Waals surface area contributed by atoms with Crippen molar-refractivity contribution in [1.82, 2.24) is 0 Å². The first-order valence-electron chi connectivity index (χ1n) is 9.98. The van der Waals surface area contributed by atoms with Crippen LogP contribution in [0.25, 0.3) is 22.3 Å². The van der Waals surface area contributed by atoms with Crippen molar-refractivity contribution in [2.45, 2.75) is 12.4 Å². The van der Waals surface area contributed by atoms with Gasteiger partial charge in [0.05, 0.1) is 33.4 Å². The summed E-state index contributed by atoms with van der Waals surface area (Å²) in [5, 5.41) is 36.9. The first-order chi connectivity index (χ1) is 17.4. The Kier molecular flexibility index (Phi) is 6.95. The van der Waals surface area contributed by atoms with Crippen LogP contribution in [0.1, 0.15) is 52.6 Å². The molecule has 0 saturated heterocycles.